The Bertz CT molecular complexity index is 907. The van der Waals surface area contributed by atoms with Gasteiger partial charge < -0.3 is 19.8 Å². The summed E-state index contributed by atoms with van der Waals surface area (Å²) in [6.07, 6.45) is 0.252. The highest BCUT2D eigenvalue weighted by Gasteiger charge is 2.28. The number of aromatic nitrogens is 2. The van der Waals surface area contributed by atoms with Crippen molar-refractivity contribution in [2.75, 3.05) is 11.1 Å². The first kappa shape index (κ1) is 24.7. The average molecular weight is 449 g/mol. The van der Waals surface area contributed by atoms with Gasteiger partial charge in [0.05, 0.1) is 5.75 Å². The van der Waals surface area contributed by atoms with Gasteiger partial charge in [-0.1, -0.05) is 44.2 Å². The van der Waals surface area contributed by atoms with Crippen LogP contribution in [-0.2, 0) is 9.53 Å². The van der Waals surface area contributed by atoms with Crippen molar-refractivity contribution in [3.63, 3.8) is 0 Å². The van der Waals surface area contributed by atoms with Gasteiger partial charge in [-0.05, 0) is 57.7 Å². The van der Waals surface area contributed by atoms with E-state index in [1.807, 2.05) is 45.9 Å². The first-order chi connectivity index (χ1) is 14.5. The molecule has 0 aliphatic rings. The van der Waals surface area contributed by atoms with Gasteiger partial charge >= 0.3 is 6.09 Å². The van der Waals surface area contributed by atoms with Crippen LogP contribution in [0, 0.1) is 19.8 Å². The molecule has 0 aliphatic carbocycles. The fraction of sp³-hybridized carbons (Fsp3) is 0.545. The van der Waals surface area contributed by atoms with Gasteiger partial charge in [-0.25, -0.2) is 4.79 Å². The molecular weight excluding hydrogens is 416 g/mol. The largest absolute Gasteiger partial charge is 0.444 e. The van der Waals surface area contributed by atoms with Gasteiger partial charge in [0.1, 0.15) is 11.6 Å². The number of aryl methyl sites for hydroxylation is 2. The van der Waals surface area contributed by atoms with Gasteiger partial charge in [0.15, 0.2) is 0 Å². The minimum Gasteiger partial charge on any atom is -0.444 e. The van der Waals surface area contributed by atoms with Gasteiger partial charge in [0, 0.05) is 5.69 Å². The van der Waals surface area contributed by atoms with Crippen LogP contribution in [0.5, 0.6) is 0 Å². The van der Waals surface area contributed by atoms with Crippen molar-refractivity contribution in [2.24, 2.45) is 5.92 Å². The van der Waals surface area contributed by atoms with Crippen LogP contribution in [0.15, 0.2) is 27.8 Å². The highest BCUT2D eigenvalue weighted by Crippen LogP contribution is 2.27. The number of amides is 2. The number of nitrogens with one attached hydrogen (secondary N) is 2. The summed E-state index contributed by atoms with van der Waals surface area (Å²) in [6.45, 7) is 13.3. The maximum atomic E-state index is 12.3. The Morgan fingerprint density at radius 3 is 2.58 bits per heavy atom. The zero-order chi connectivity index (χ0) is 23.2. The lowest BCUT2D eigenvalue weighted by Crippen LogP contribution is -2.37. The molecule has 2 atom stereocenters. The molecule has 2 rings (SSSR count). The second-order valence-electron chi connectivity index (χ2n) is 8.57. The molecule has 0 radical (unpaired) electrons. The van der Waals surface area contributed by atoms with Gasteiger partial charge in [0.2, 0.25) is 11.8 Å². The molecule has 2 N–H and O–H groups in total. The maximum absolute atomic E-state index is 12.3. The molecule has 170 valence electrons. The summed E-state index contributed by atoms with van der Waals surface area (Å²) in [5.41, 5.74) is 2.25. The lowest BCUT2D eigenvalue weighted by atomic mass is 9.99. The molecule has 0 saturated carbocycles. The van der Waals surface area contributed by atoms with Crippen molar-refractivity contribution in [3.05, 3.63) is 35.2 Å². The van der Waals surface area contributed by atoms with E-state index in [0.29, 0.717) is 0 Å². The molecule has 0 aliphatic heterocycles. The minimum atomic E-state index is -0.608. The molecule has 2 amide bonds. The van der Waals surface area contributed by atoms with E-state index in [4.69, 9.17) is 9.15 Å². The van der Waals surface area contributed by atoms with E-state index in [2.05, 4.69) is 20.8 Å². The Labute approximate surface area is 187 Å². The summed E-state index contributed by atoms with van der Waals surface area (Å²) in [5, 5.41) is 14.1. The van der Waals surface area contributed by atoms with E-state index in [1.165, 1.54) is 0 Å². The van der Waals surface area contributed by atoms with Crippen molar-refractivity contribution in [2.45, 2.75) is 71.8 Å². The van der Waals surface area contributed by atoms with Crippen LogP contribution in [0.1, 0.15) is 64.1 Å². The Balaban J connectivity index is 2.00. The number of thioether (sulfide) groups is 1. The first-order valence-electron chi connectivity index (χ1n) is 10.3. The maximum Gasteiger partial charge on any atom is 0.408 e. The molecule has 0 spiro atoms. The predicted molar refractivity (Wildman–Crippen MR) is 121 cm³/mol. The SMILES string of the molecule is CCC(C)C(NC(=O)OC(C)(C)C)c1nnc(SCC(=O)Nc2cc(C)ccc2C)o1. The monoisotopic (exact) mass is 448 g/mol. The second kappa shape index (κ2) is 10.7. The molecule has 2 aromatic rings. The summed E-state index contributed by atoms with van der Waals surface area (Å²) in [6, 6.07) is 5.42. The Morgan fingerprint density at radius 1 is 1.23 bits per heavy atom. The molecule has 0 fully saturated rings. The standard InChI is InChI=1S/C22H32N4O4S/c1-8-14(3)18(24-20(28)30-22(5,6)7)19-25-26-21(29-19)31-12-17(27)23-16-11-13(2)9-10-15(16)4/h9-11,14,18H,8,12H2,1-7H3,(H,23,27)(H,24,28). The molecule has 8 nitrogen and oxygen atoms in total. The lowest BCUT2D eigenvalue weighted by Gasteiger charge is -2.24. The summed E-state index contributed by atoms with van der Waals surface area (Å²) in [7, 11) is 0. The van der Waals surface area contributed by atoms with Crippen LogP contribution in [-0.4, -0.2) is 33.6 Å². The Morgan fingerprint density at radius 2 is 1.94 bits per heavy atom. The molecule has 1 aromatic carbocycles. The van der Waals surface area contributed by atoms with Crippen molar-refractivity contribution in [1.29, 1.82) is 0 Å². The number of anilines is 1. The van der Waals surface area contributed by atoms with Crippen molar-refractivity contribution < 1.29 is 18.7 Å². The molecule has 1 aromatic heterocycles. The predicted octanol–water partition coefficient (Wildman–Crippen LogP) is 5.03. The van der Waals surface area contributed by atoms with Crippen LogP contribution in [0.2, 0.25) is 0 Å². The molecule has 2 unspecified atom stereocenters. The number of benzene rings is 1. The van der Waals surface area contributed by atoms with Crippen LogP contribution in [0.25, 0.3) is 0 Å². The normalized spacial score (nSPS) is 13.4. The fourth-order valence-corrected chi connectivity index (χ4v) is 3.28. The quantitative estimate of drug-likeness (QED) is 0.546. The zero-order valence-electron chi connectivity index (χ0n) is 19.2. The Kier molecular flexibility index (Phi) is 8.50. The van der Waals surface area contributed by atoms with Crippen LogP contribution in [0.3, 0.4) is 0 Å². The third kappa shape index (κ3) is 7.90. The third-order valence-electron chi connectivity index (χ3n) is 4.57. The zero-order valence-corrected chi connectivity index (χ0v) is 20.1. The lowest BCUT2D eigenvalue weighted by molar-refractivity contribution is -0.113. The van der Waals surface area contributed by atoms with Gasteiger partial charge in [0.25, 0.3) is 5.22 Å². The second-order valence-corrected chi connectivity index (χ2v) is 9.50. The number of rotatable bonds is 8. The Hall–Kier alpha value is -2.55. The first-order valence-corrected chi connectivity index (χ1v) is 11.3. The van der Waals surface area contributed by atoms with Crippen molar-refractivity contribution >= 4 is 29.4 Å². The molecule has 1 heterocycles. The number of hydrogen-bond acceptors (Lipinski definition) is 7. The van der Waals surface area contributed by atoms with Crippen LogP contribution in [0.4, 0.5) is 10.5 Å². The third-order valence-corrected chi connectivity index (χ3v) is 5.39. The summed E-state index contributed by atoms with van der Waals surface area (Å²) >= 11 is 1.15. The smallest absolute Gasteiger partial charge is 0.408 e. The topological polar surface area (TPSA) is 106 Å². The molecule has 0 saturated heterocycles. The van der Waals surface area contributed by atoms with E-state index in [1.54, 1.807) is 20.8 Å². The number of carbonyl (C=O) groups is 2. The molecular formula is C22H32N4O4S. The fourth-order valence-electron chi connectivity index (χ4n) is 2.71. The van der Waals surface area contributed by atoms with Crippen molar-refractivity contribution in [3.8, 4) is 0 Å². The van der Waals surface area contributed by atoms with Crippen molar-refractivity contribution in [1.82, 2.24) is 15.5 Å². The van der Waals surface area contributed by atoms with E-state index in [-0.39, 0.29) is 28.7 Å². The molecule has 9 heteroatoms. The van der Waals surface area contributed by atoms with E-state index in [0.717, 1.165) is 35.0 Å². The average Bonchev–Trinajstić information content (AvgIpc) is 3.14. The number of carbonyl (C=O) groups excluding carboxylic acids is 2. The minimum absolute atomic E-state index is 0.0541. The van der Waals surface area contributed by atoms with E-state index in [9.17, 15) is 9.59 Å². The van der Waals surface area contributed by atoms with Crippen LogP contribution < -0.4 is 10.6 Å². The number of nitrogens with zero attached hydrogens (tertiary/aromatic N) is 2. The van der Waals surface area contributed by atoms with Gasteiger partial charge in [-0.2, -0.15) is 0 Å². The number of hydrogen-bond donors (Lipinski definition) is 2. The number of ether oxygens (including phenoxy) is 1. The summed E-state index contributed by atoms with van der Waals surface area (Å²) in [4.78, 5) is 24.6. The van der Waals surface area contributed by atoms with E-state index >= 15 is 0 Å². The summed E-state index contributed by atoms with van der Waals surface area (Å²) < 4.78 is 11.1. The highest BCUT2D eigenvalue weighted by atomic mass is 32.2. The van der Waals surface area contributed by atoms with Gasteiger partial charge in [-0.3, -0.25) is 4.79 Å². The van der Waals surface area contributed by atoms with E-state index < -0.39 is 17.7 Å². The number of alkyl carbamates (subject to hydrolysis) is 1. The molecule has 0 bridgehead atoms. The summed E-state index contributed by atoms with van der Waals surface area (Å²) in [5.74, 6) is 0.308. The van der Waals surface area contributed by atoms with Crippen LogP contribution >= 0.6 is 11.8 Å². The van der Waals surface area contributed by atoms with Gasteiger partial charge in [-0.15, -0.1) is 10.2 Å². The molecule has 31 heavy (non-hydrogen) atoms. The highest BCUT2D eigenvalue weighted by molar-refractivity contribution is 7.99.